The Kier molecular flexibility index (Phi) is 11.1. The van der Waals surface area contributed by atoms with Gasteiger partial charge in [-0.15, -0.1) is 23.5 Å². The number of amides is 1. The number of nitrogens with zero attached hydrogens (tertiary/aromatic N) is 4. The van der Waals surface area contributed by atoms with Crippen molar-refractivity contribution in [1.82, 2.24) is 19.8 Å². The first-order chi connectivity index (χ1) is 23.4. The van der Waals surface area contributed by atoms with E-state index in [1.54, 1.807) is 19.2 Å². The van der Waals surface area contributed by atoms with Crippen molar-refractivity contribution in [2.45, 2.75) is 37.3 Å². The Morgan fingerprint density at radius 2 is 1.73 bits per heavy atom. The highest BCUT2D eigenvalue weighted by Gasteiger charge is 2.36. The van der Waals surface area contributed by atoms with Gasteiger partial charge in [0, 0.05) is 55.7 Å². The molecule has 1 unspecified atom stereocenters. The van der Waals surface area contributed by atoms with Crippen molar-refractivity contribution in [3.8, 4) is 28.6 Å². The number of rotatable bonds is 13. The van der Waals surface area contributed by atoms with Gasteiger partial charge in [-0.25, -0.2) is 4.98 Å². The zero-order valence-corrected chi connectivity index (χ0v) is 29.9. The van der Waals surface area contributed by atoms with E-state index in [9.17, 15) is 4.79 Å². The van der Waals surface area contributed by atoms with E-state index >= 15 is 0 Å². The molecule has 1 atom stereocenters. The molecule has 48 heavy (non-hydrogen) atoms. The van der Waals surface area contributed by atoms with Crippen LogP contribution in [0.15, 0.2) is 54.6 Å². The molecule has 0 bridgehead atoms. The number of carbonyl (C=O) groups excluding carboxylic acids is 1. The minimum absolute atomic E-state index is 0.0551. The molecule has 10 nitrogen and oxygen atoms in total. The summed E-state index contributed by atoms with van der Waals surface area (Å²) < 4.78 is 17.8. The second-order valence-corrected chi connectivity index (χ2v) is 15.2. The topological polar surface area (TPSA) is 109 Å². The number of benzene rings is 3. The average molecular weight is 691 g/mol. The maximum atomic E-state index is 13.7. The summed E-state index contributed by atoms with van der Waals surface area (Å²) in [6.45, 7) is 9.19. The number of anilines is 2. The molecular formula is C36H46N6O4S2. The van der Waals surface area contributed by atoms with Gasteiger partial charge in [-0.3, -0.25) is 4.79 Å². The summed E-state index contributed by atoms with van der Waals surface area (Å²) in [4.78, 5) is 28.8. The van der Waals surface area contributed by atoms with Crippen molar-refractivity contribution in [2.75, 3.05) is 75.8 Å². The van der Waals surface area contributed by atoms with Crippen LogP contribution in [0.1, 0.15) is 37.0 Å². The highest BCUT2D eigenvalue weighted by atomic mass is 32.2. The molecule has 2 fully saturated rings. The quantitative estimate of drug-likeness (QED) is 0.120. The van der Waals surface area contributed by atoms with E-state index in [1.807, 2.05) is 52.7 Å². The summed E-state index contributed by atoms with van der Waals surface area (Å²) >= 11 is 3.83. The molecule has 0 radical (unpaired) electrons. The molecule has 1 amide bonds. The summed E-state index contributed by atoms with van der Waals surface area (Å²) in [6.07, 6.45) is 2.00. The Bertz CT molecular complexity index is 1690. The number of aromatic amines is 1. The Balaban J connectivity index is 1.08. The third kappa shape index (κ3) is 7.61. The third-order valence-electron chi connectivity index (χ3n) is 9.00. The maximum absolute atomic E-state index is 13.7. The average Bonchev–Trinajstić information content (AvgIpc) is 3.76. The molecule has 0 aliphatic carbocycles. The maximum Gasteiger partial charge on any atom is 0.256 e. The number of H-pyrrole nitrogens is 1. The van der Waals surface area contributed by atoms with Crippen molar-refractivity contribution >= 4 is 51.8 Å². The number of piperazine rings is 1. The molecule has 4 aromatic rings. The van der Waals surface area contributed by atoms with Gasteiger partial charge in [0.15, 0.2) is 11.5 Å². The summed E-state index contributed by atoms with van der Waals surface area (Å²) in [6, 6.07) is 17.7. The normalized spacial score (nSPS) is 17.0. The zero-order chi connectivity index (χ0) is 33.6. The van der Waals surface area contributed by atoms with Gasteiger partial charge in [-0.2, -0.15) is 0 Å². The second kappa shape index (κ2) is 15.7. The van der Waals surface area contributed by atoms with Gasteiger partial charge in [0.1, 0.15) is 11.6 Å². The number of imidazole rings is 1. The molecule has 1 aromatic heterocycles. The summed E-state index contributed by atoms with van der Waals surface area (Å²) in [5, 5.41) is 0. The van der Waals surface area contributed by atoms with Crippen LogP contribution in [-0.2, 0) is 0 Å². The van der Waals surface area contributed by atoms with Crippen LogP contribution in [0.4, 0.5) is 11.4 Å². The summed E-state index contributed by atoms with van der Waals surface area (Å²) in [5.74, 6) is 4.28. The molecule has 3 aromatic carbocycles. The fourth-order valence-corrected chi connectivity index (χ4v) is 9.25. The lowest BCUT2D eigenvalue weighted by Crippen LogP contribution is -2.44. The highest BCUT2D eigenvalue weighted by molar-refractivity contribution is 8.17. The number of nitrogen functional groups attached to an aromatic ring is 1. The number of aromatic nitrogens is 2. The number of likely N-dealkylation sites (tertiary alicyclic amines) is 1. The van der Waals surface area contributed by atoms with Crippen molar-refractivity contribution in [3.63, 3.8) is 0 Å². The summed E-state index contributed by atoms with van der Waals surface area (Å²) in [5.41, 5.74) is 11.4. The first-order valence-corrected chi connectivity index (χ1v) is 18.8. The second-order valence-electron chi connectivity index (χ2n) is 12.1. The number of fused-ring (bicyclic) bond motifs is 1. The number of hydrogen-bond acceptors (Lipinski definition) is 10. The Morgan fingerprint density at radius 3 is 2.44 bits per heavy atom. The van der Waals surface area contributed by atoms with Crippen molar-refractivity contribution < 1.29 is 19.0 Å². The summed E-state index contributed by atoms with van der Waals surface area (Å²) in [7, 11) is 3.72. The minimum atomic E-state index is -0.0606. The number of likely N-dealkylation sites (N-methyl/N-ethyl adjacent to an activating group) is 1. The lowest BCUT2D eigenvalue weighted by molar-refractivity contribution is 0.0746. The number of thioether (sulfide) groups is 2. The molecule has 3 heterocycles. The first-order valence-electron chi connectivity index (χ1n) is 16.7. The molecule has 12 heteroatoms. The lowest BCUT2D eigenvalue weighted by atomic mass is 10.1. The number of hydrogen-bond donors (Lipinski definition) is 2. The van der Waals surface area contributed by atoms with Gasteiger partial charge in [0.2, 0.25) is 6.79 Å². The lowest BCUT2D eigenvalue weighted by Gasteiger charge is -2.34. The largest absolute Gasteiger partial charge is 0.493 e. The fraction of sp³-hybridized carbons (Fsp3) is 0.444. The van der Waals surface area contributed by atoms with E-state index < -0.39 is 0 Å². The number of ether oxygens (including phenoxy) is 3. The molecule has 2 saturated heterocycles. The van der Waals surface area contributed by atoms with E-state index in [0.717, 1.165) is 79.5 Å². The van der Waals surface area contributed by atoms with Crippen LogP contribution in [0.3, 0.4) is 0 Å². The number of methoxy groups -OCH3 is 1. The van der Waals surface area contributed by atoms with Crippen LogP contribution in [0, 0.1) is 0 Å². The van der Waals surface area contributed by atoms with Crippen LogP contribution in [0.5, 0.6) is 17.2 Å². The SMILES string of the molecule is CCSC(SCC)C1CCCN1C(=O)c1cc(OC)c(OCOc2ccc(-c3nc4ccc(N5CCN(C)CC5)cc4[nH]3)cc2)cc1N. The number of nitrogens with one attached hydrogen (secondary N) is 1. The number of nitrogens with two attached hydrogens (primary N) is 1. The molecule has 2 aliphatic heterocycles. The van der Waals surface area contributed by atoms with Gasteiger partial charge < -0.3 is 39.6 Å². The molecule has 2 aliphatic rings. The molecular weight excluding hydrogens is 645 g/mol. The van der Waals surface area contributed by atoms with E-state index in [2.05, 4.69) is 53.9 Å². The van der Waals surface area contributed by atoms with Crippen LogP contribution in [-0.4, -0.2) is 101 Å². The predicted octanol–water partition coefficient (Wildman–Crippen LogP) is 6.42. The Labute approximate surface area is 291 Å². The molecule has 6 rings (SSSR count). The van der Waals surface area contributed by atoms with E-state index in [1.165, 1.54) is 5.69 Å². The van der Waals surface area contributed by atoms with Crippen LogP contribution < -0.4 is 24.8 Å². The monoisotopic (exact) mass is 690 g/mol. The smallest absolute Gasteiger partial charge is 0.256 e. The third-order valence-corrected chi connectivity index (χ3v) is 11.8. The Hall–Kier alpha value is -3.74. The van der Waals surface area contributed by atoms with Crippen LogP contribution >= 0.6 is 23.5 Å². The highest BCUT2D eigenvalue weighted by Crippen LogP contribution is 2.38. The minimum Gasteiger partial charge on any atom is -0.493 e. The standard InChI is InChI=1S/C36H46N6O4S2/c1-5-47-36(48-6-2)31-8-7-15-42(31)35(43)27-21-32(44-4)33(22-28(27)37)46-23-45-26-12-9-24(10-13-26)34-38-29-14-11-25(20-30(29)39-34)41-18-16-40(3)17-19-41/h9-14,20-22,31,36H,5-8,15-19,23,37H2,1-4H3,(H,38,39). The van der Waals surface area contributed by atoms with Gasteiger partial charge in [-0.05, 0) is 79.9 Å². The first kappa shape index (κ1) is 34.1. The van der Waals surface area contributed by atoms with Gasteiger partial charge in [0.05, 0.1) is 34.3 Å². The van der Waals surface area contributed by atoms with E-state index in [0.29, 0.717) is 33.1 Å². The Morgan fingerprint density at radius 1 is 0.979 bits per heavy atom. The predicted molar refractivity (Wildman–Crippen MR) is 199 cm³/mol. The zero-order valence-electron chi connectivity index (χ0n) is 28.2. The van der Waals surface area contributed by atoms with Crippen molar-refractivity contribution in [2.24, 2.45) is 0 Å². The van der Waals surface area contributed by atoms with Crippen molar-refractivity contribution in [3.05, 3.63) is 60.2 Å². The molecule has 0 saturated carbocycles. The van der Waals surface area contributed by atoms with Crippen molar-refractivity contribution in [1.29, 1.82) is 0 Å². The van der Waals surface area contributed by atoms with Gasteiger partial charge in [0.25, 0.3) is 5.91 Å². The van der Waals surface area contributed by atoms with Gasteiger partial charge >= 0.3 is 0 Å². The van der Waals surface area contributed by atoms with Crippen LogP contribution in [0.25, 0.3) is 22.4 Å². The van der Waals surface area contributed by atoms with Crippen LogP contribution in [0.2, 0.25) is 0 Å². The number of carbonyl (C=O) groups is 1. The fourth-order valence-electron chi connectivity index (χ4n) is 6.38. The van der Waals surface area contributed by atoms with Gasteiger partial charge in [-0.1, -0.05) is 13.8 Å². The molecule has 0 spiro atoms. The molecule has 256 valence electrons. The van der Waals surface area contributed by atoms with E-state index in [4.69, 9.17) is 24.9 Å². The molecule has 3 N–H and O–H groups in total. The van der Waals surface area contributed by atoms with E-state index in [-0.39, 0.29) is 18.7 Å².